The second kappa shape index (κ2) is 6.88. The summed E-state index contributed by atoms with van der Waals surface area (Å²) in [4.78, 5) is 27.4. The van der Waals surface area contributed by atoms with E-state index in [0.29, 0.717) is 17.4 Å². The Morgan fingerprint density at radius 1 is 1.03 bits per heavy atom. The Morgan fingerprint density at radius 2 is 1.82 bits per heavy atom. The molecule has 4 aliphatic rings. The van der Waals surface area contributed by atoms with Crippen molar-refractivity contribution in [1.82, 2.24) is 29.6 Å². The highest BCUT2D eigenvalue weighted by molar-refractivity contribution is 6.30. The van der Waals surface area contributed by atoms with Gasteiger partial charge in [0, 0.05) is 55.6 Å². The summed E-state index contributed by atoms with van der Waals surface area (Å²) in [5.74, 6) is 1.81. The van der Waals surface area contributed by atoms with E-state index in [9.17, 15) is 9.18 Å². The van der Waals surface area contributed by atoms with E-state index in [4.69, 9.17) is 11.6 Å². The van der Waals surface area contributed by atoms with Crippen molar-refractivity contribution in [3.8, 4) is 5.69 Å². The van der Waals surface area contributed by atoms with Gasteiger partial charge < -0.3 is 14.7 Å². The second-order valence-corrected chi connectivity index (χ2v) is 10.4. The molecule has 2 aromatic heterocycles. The molecule has 1 saturated carbocycles. The lowest BCUT2D eigenvalue weighted by atomic mass is 9.73. The normalized spacial score (nSPS) is 21.3. The van der Waals surface area contributed by atoms with Crippen LogP contribution in [0.15, 0.2) is 36.8 Å². The quantitative estimate of drug-likeness (QED) is 0.569. The summed E-state index contributed by atoms with van der Waals surface area (Å²) >= 11 is 6.29. The highest BCUT2D eigenvalue weighted by Gasteiger charge is 2.55. The van der Waals surface area contributed by atoms with E-state index in [0.717, 1.165) is 49.2 Å². The minimum atomic E-state index is -1.74. The van der Waals surface area contributed by atoms with Crippen LogP contribution in [-0.2, 0) is 17.9 Å². The van der Waals surface area contributed by atoms with Crippen molar-refractivity contribution >= 4 is 29.3 Å². The number of hydrogen-bond acceptors (Lipinski definition) is 7. The number of carbonyl (C=O) groups excluding carboxylic acids is 1. The van der Waals surface area contributed by atoms with Crippen LogP contribution in [0.1, 0.15) is 24.2 Å². The van der Waals surface area contributed by atoms with E-state index in [1.54, 1.807) is 23.5 Å². The molecule has 174 valence electrons. The first kappa shape index (κ1) is 20.1. The van der Waals surface area contributed by atoms with Crippen LogP contribution in [0.3, 0.4) is 0 Å². The van der Waals surface area contributed by atoms with Crippen molar-refractivity contribution in [1.29, 1.82) is 0 Å². The van der Waals surface area contributed by atoms with Gasteiger partial charge in [-0.25, -0.2) is 9.37 Å². The lowest BCUT2D eigenvalue weighted by Crippen LogP contribution is -2.73. The molecule has 1 spiro atoms. The molecular weight excluding hydrogens is 459 g/mol. The van der Waals surface area contributed by atoms with Gasteiger partial charge in [-0.3, -0.25) is 14.3 Å². The van der Waals surface area contributed by atoms with Crippen molar-refractivity contribution in [2.24, 2.45) is 5.41 Å². The molecule has 11 heteroatoms. The third-order valence-corrected chi connectivity index (χ3v) is 7.54. The summed E-state index contributed by atoms with van der Waals surface area (Å²) in [7, 11) is 0. The zero-order chi connectivity index (χ0) is 23.1. The summed E-state index contributed by atoms with van der Waals surface area (Å²) in [6.07, 6.45) is 5.75. The number of benzene rings is 1. The second-order valence-electron chi connectivity index (χ2n) is 9.93. The molecule has 3 aromatic rings. The smallest absolute Gasteiger partial charge is 0.260 e. The molecule has 5 heterocycles. The molecule has 0 radical (unpaired) electrons. The number of nitrogens with zero attached hydrogens (tertiary/aromatic N) is 8. The van der Waals surface area contributed by atoms with Gasteiger partial charge in [0.2, 0.25) is 5.95 Å². The first-order valence-electron chi connectivity index (χ1n) is 11.4. The van der Waals surface area contributed by atoms with Crippen LogP contribution in [0.25, 0.3) is 5.69 Å². The number of halogens is 2. The molecule has 7 rings (SSSR count). The first-order valence-corrected chi connectivity index (χ1v) is 11.8. The van der Waals surface area contributed by atoms with Crippen LogP contribution in [0, 0.1) is 5.41 Å². The fraction of sp³-hybridized carbons (Fsp3) is 0.435. The van der Waals surface area contributed by atoms with Gasteiger partial charge in [0.25, 0.3) is 5.91 Å². The standard InChI is InChI=1S/C23H22ClFN8O/c24-16-1-2-17-15(7-16)9-30(20(34)23(25)3-4-23)10-19-28-29-21(33(17)19)32-13-22(14-32)11-31(12-22)18-8-26-5-6-27-18/h1-2,5-8H,3-4,9-14H2. The largest absolute Gasteiger partial charge is 0.354 e. The SMILES string of the molecule is O=C(N1Cc2cc(Cl)ccc2-n2c(nnc2N2CC3(CN(c4cnccn4)C3)C2)C1)C1(F)CC1. The minimum Gasteiger partial charge on any atom is -0.354 e. The van der Waals surface area contributed by atoms with Gasteiger partial charge in [0.15, 0.2) is 11.5 Å². The Bertz CT molecular complexity index is 1300. The first-order chi connectivity index (χ1) is 16.4. The number of rotatable bonds is 3. The van der Waals surface area contributed by atoms with Gasteiger partial charge in [-0.2, -0.15) is 0 Å². The molecule has 1 amide bonds. The Morgan fingerprint density at radius 3 is 2.56 bits per heavy atom. The molecule has 0 atom stereocenters. The summed E-state index contributed by atoms with van der Waals surface area (Å²) in [6, 6.07) is 5.60. The number of aromatic nitrogens is 5. The fourth-order valence-electron chi connectivity index (χ4n) is 5.43. The lowest BCUT2D eigenvalue weighted by molar-refractivity contribution is -0.139. The molecule has 0 unspecified atom stereocenters. The van der Waals surface area contributed by atoms with Crippen LogP contribution in [0.4, 0.5) is 16.2 Å². The highest BCUT2D eigenvalue weighted by Crippen LogP contribution is 2.45. The van der Waals surface area contributed by atoms with Gasteiger partial charge in [0.1, 0.15) is 5.82 Å². The molecule has 3 fully saturated rings. The van der Waals surface area contributed by atoms with Crippen molar-refractivity contribution in [3.05, 3.63) is 53.2 Å². The molecule has 2 saturated heterocycles. The van der Waals surface area contributed by atoms with Crippen molar-refractivity contribution in [3.63, 3.8) is 0 Å². The van der Waals surface area contributed by atoms with Crippen molar-refractivity contribution in [2.75, 3.05) is 36.0 Å². The van der Waals surface area contributed by atoms with Crippen LogP contribution >= 0.6 is 11.6 Å². The van der Waals surface area contributed by atoms with Gasteiger partial charge in [-0.05, 0) is 36.6 Å². The minimum absolute atomic E-state index is 0.200. The summed E-state index contributed by atoms with van der Waals surface area (Å²) in [5.41, 5.74) is 0.207. The Labute approximate surface area is 200 Å². The van der Waals surface area contributed by atoms with Crippen molar-refractivity contribution in [2.45, 2.75) is 31.6 Å². The predicted octanol–water partition coefficient (Wildman–Crippen LogP) is 2.38. The third kappa shape index (κ3) is 3.01. The van der Waals surface area contributed by atoms with E-state index in [1.807, 2.05) is 22.8 Å². The summed E-state index contributed by atoms with van der Waals surface area (Å²) in [5, 5.41) is 9.49. The maximum atomic E-state index is 14.6. The maximum Gasteiger partial charge on any atom is 0.260 e. The average molecular weight is 481 g/mol. The molecule has 1 aliphatic carbocycles. The molecule has 0 N–H and O–H groups in total. The Balaban J connectivity index is 1.16. The van der Waals surface area contributed by atoms with E-state index in [1.165, 1.54) is 0 Å². The molecule has 0 bridgehead atoms. The van der Waals surface area contributed by atoms with Gasteiger partial charge in [0.05, 0.1) is 18.4 Å². The van der Waals surface area contributed by atoms with Gasteiger partial charge in [-0.15, -0.1) is 10.2 Å². The van der Waals surface area contributed by atoms with Crippen LogP contribution < -0.4 is 9.80 Å². The number of alkyl halides is 1. The van der Waals surface area contributed by atoms with Gasteiger partial charge in [-0.1, -0.05) is 11.6 Å². The van der Waals surface area contributed by atoms with E-state index in [-0.39, 0.29) is 24.8 Å². The number of anilines is 2. The molecule has 3 aliphatic heterocycles. The fourth-order valence-corrected chi connectivity index (χ4v) is 5.62. The van der Waals surface area contributed by atoms with Crippen molar-refractivity contribution < 1.29 is 9.18 Å². The van der Waals surface area contributed by atoms with Gasteiger partial charge >= 0.3 is 0 Å². The van der Waals surface area contributed by atoms with E-state index in [2.05, 4.69) is 30.0 Å². The maximum absolute atomic E-state index is 14.6. The molecule has 1 aromatic carbocycles. The lowest BCUT2D eigenvalue weighted by Gasteiger charge is -2.60. The number of hydrogen-bond donors (Lipinski definition) is 0. The van der Waals surface area contributed by atoms with E-state index >= 15 is 0 Å². The Hall–Kier alpha value is -3.27. The summed E-state index contributed by atoms with van der Waals surface area (Å²) < 4.78 is 16.6. The van der Waals surface area contributed by atoms with Crippen LogP contribution in [-0.4, -0.2) is 67.4 Å². The number of fused-ring (bicyclic) bond motifs is 3. The highest BCUT2D eigenvalue weighted by atomic mass is 35.5. The number of carbonyl (C=O) groups is 1. The zero-order valence-electron chi connectivity index (χ0n) is 18.4. The number of amides is 1. The van der Waals surface area contributed by atoms with Crippen LogP contribution in [0.2, 0.25) is 5.02 Å². The third-order valence-electron chi connectivity index (χ3n) is 7.31. The molecule has 34 heavy (non-hydrogen) atoms. The summed E-state index contributed by atoms with van der Waals surface area (Å²) in [6.45, 7) is 4.08. The molecular formula is C23H22ClFN8O. The zero-order valence-corrected chi connectivity index (χ0v) is 19.1. The molecule has 9 nitrogen and oxygen atoms in total. The van der Waals surface area contributed by atoms with E-state index < -0.39 is 11.6 Å². The Kier molecular flexibility index (Phi) is 4.07. The monoisotopic (exact) mass is 480 g/mol. The topological polar surface area (TPSA) is 83.3 Å². The average Bonchev–Trinajstić information content (AvgIpc) is 3.45. The van der Waals surface area contributed by atoms with Crippen LogP contribution in [0.5, 0.6) is 0 Å². The predicted molar refractivity (Wildman–Crippen MR) is 123 cm³/mol.